The molecule has 3 nitrogen and oxygen atoms in total. The predicted octanol–water partition coefficient (Wildman–Crippen LogP) is 2.88. The molecule has 0 spiro atoms. The average Bonchev–Trinajstić information content (AvgIpc) is 2.58. The highest BCUT2D eigenvalue weighted by Gasteiger charge is 2.25. The third-order valence-electron chi connectivity index (χ3n) is 3.26. The first-order valence-corrected chi connectivity index (χ1v) is 6.49. The van der Waals surface area contributed by atoms with Crippen molar-refractivity contribution in [1.82, 2.24) is 9.55 Å². The van der Waals surface area contributed by atoms with Crippen LogP contribution in [0.3, 0.4) is 0 Å². The van der Waals surface area contributed by atoms with Gasteiger partial charge in [0.25, 0.3) is 0 Å². The van der Waals surface area contributed by atoms with Gasteiger partial charge in [0, 0.05) is 23.5 Å². The average molecular weight is 296 g/mol. The van der Waals surface area contributed by atoms with Gasteiger partial charge in [0.2, 0.25) is 0 Å². The van der Waals surface area contributed by atoms with Gasteiger partial charge in [-0.2, -0.15) is 0 Å². The quantitative estimate of drug-likeness (QED) is 0.926. The highest BCUT2D eigenvalue weighted by molar-refractivity contribution is 9.10. The Morgan fingerprint density at radius 1 is 1.41 bits per heavy atom. The number of imidazole rings is 1. The number of rotatable bonds is 2. The molecule has 4 heteroatoms. The maximum atomic E-state index is 5.83. The van der Waals surface area contributed by atoms with Gasteiger partial charge >= 0.3 is 0 Å². The minimum Gasteiger partial charge on any atom is -0.331 e. The van der Waals surface area contributed by atoms with Gasteiger partial charge in [-0.25, -0.2) is 4.98 Å². The molecular weight excluding hydrogens is 278 g/mol. The zero-order valence-electron chi connectivity index (χ0n) is 10.7. The Kier molecular flexibility index (Phi) is 3.04. The molecule has 1 aromatic carbocycles. The fraction of sp³-hybridized carbons (Fsp3) is 0.462. The first kappa shape index (κ1) is 12.6. The van der Waals surface area contributed by atoms with Crippen LogP contribution in [-0.2, 0) is 12.5 Å². The van der Waals surface area contributed by atoms with Crippen LogP contribution in [0.4, 0.5) is 0 Å². The summed E-state index contributed by atoms with van der Waals surface area (Å²) < 4.78 is 3.22. The summed E-state index contributed by atoms with van der Waals surface area (Å²) in [4.78, 5) is 4.76. The summed E-state index contributed by atoms with van der Waals surface area (Å²) in [5.41, 5.74) is 9.12. The third kappa shape index (κ3) is 2.00. The molecule has 0 saturated heterocycles. The Balaban J connectivity index is 2.77. The minimum absolute atomic E-state index is 0.104. The lowest BCUT2D eigenvalue weighted by Gasteiger charge is -2.21. The Labute approximate surface area is 110 Å². The number of halogens is 1. The van der Waals surface area contributed by atoms with E-state index in [-0.39, 0.29) is 5.41 Å². The van der Waals surface area contributed by atoms with Crippen LogP contribution in [0.15, 0.2) is 16.6 Å². The van der Waals surface area contributed by atoms with Gasteiger partial charge in [-0.15, -0.1) is 0 Å². The molecular formula is C13H18BrN3. The van der Waals surface area contributed by atoms with Crippen molar-refractivity contribution in [2.45, 2.75) is 26.2 Å². The molecule has 2 N–H and O–H groups in total. The highest BCUT2D eigenvalue weighted by atomic mass is 79.9. The van der Waals surface area contributed by atoms with E-state index in [1.807, 2.05) is 7.05 Å². The minimum atomic E-state index is -0.104. The van der Waals surface area contributed by atoms with E-state index in [1.54, 1.807) is 0 Å². The van der Waals surface area contributed by atoms with Gasteiger partial charge in [0.15, 0.2) is 0 Å². The van der Waals surface area contributed by atoms with Crippen LogP contribution in [0.1, 0.15) is 25.2 Å². The van der Waals surface area contributed by atoms with Crippen LogP contribution < -0.4 is 5.73 Å². The topological polar surface area (TPSA) is 43.8 Å². The molecule has 1 aromatic heterocycles. The van der Waals surface area contributed by atoms with Crippen LogP contribution in [0.2, 0.25) is 0 Å². The van der Waals surface area contributed by atoms with Gasteiger partial charge < -0.3 is 10.3 Å². The summed E-state index contributed by atoms with van der Waals surface area (Å²) in [5.74, 6) is 1.04. The maximum absolute atomic E-state index is 5.83. The number of benzene rings is 1. The van der Waals surface area contributed by atoms with E-state index < -0.39 is 0 Å². The Morgan fingerprint density at radius 2 is 2.06 bits per heavy atom. The second-order valence-electron chi connectivity index (χ2n) is 5.17. The van der Waals surface area contributed by atoms with Crippen molar-refractivity contribution >= 4 is 27.0 Å². The van der Waals surface area contributed by atoms with Crippen molar-refractivity contribution < 1.29 is 0 Å². The molecule has 0 aliphatic heterocycles. The number of nitrogens with two attached hydrogens (primary N) is 1. The second-order valence-corrected chi connectivity index (χ2v) is 6.09. The molecule has 0 aliphatic rings. The van der Waals surface area contributed by atoms with Gasteiger partial charge in [-0.3, -0.25) is 0 Å². The number of hydrogen-bond donors (Lipinski definition) is 1. The number of aryl methyl sites for hydroxylation is 2. The lowest BCUT2D eigenvalue weighted by molar-refractivity contribution is 0.487. The van der Waals surface area contributed by atoms with E-state index in [0.29, 0.717) is 6.54 Å². The molecule has 2 rings (SSSR count). The van der Waals surface area contributed by atoms with Crippen LogP contribution in [-0.4, -0.2) is 16.1 Å². The molecule has 0 amide bonds. The SMILES string of the molecule is Cc1cc(Br)cc2c1nc(C(C)(C)CN)n2C. The largest absolute Gasteiger partial charge is 0.331 e. The van der Waals surface area contributed by atoms with Gasteiger partial charge in [0.1, 0.15) is 5.82 Å². The van der Waals surface area contributed by atoms with Crippen molar-refractivity contribution in [2.24, 2.45) is 12.8 Å². The summed E-state index contributed by atoms with van der Waals surface area (Å²) in [6.07, 6.45) is 0. The van der Waals surface area contributed by atoms with Crippen molar-refractivity contribution in [3.8, 4) is 0 Å². The van der Waals surface area contributed by atoms with E-state index in [2.05, 4.69) is 53.4 Å². The van der Waals surface area contributed by atoms with E-state index in [9.17, 15) is 0 Å². The zero-order valence-corrected chi connectivity index (χ0v) is 12.3. The molecule has 92 valence electrons. The smallest absolute Gasteiger partial charge is 0.116 e. The van der Waals surface area contributed by atoms with E-state index in [1.165, 1.54) is 5.56 Å². The van der Waals surface area contributed by atoms with E-state index >= 15 is 0 Å². The fourth-order valence-corrected chi connectivity index (χ4v) is 2.67. The van der Waals surface area contributed by atoms with Crippen LogP contribution in [0, 0.1) is 6.92 Å². The van der Waals surface area contributed by atoms with E-state index in [4.69, 9.17) is 10.7 Å². The molecule has 17 heavy (non-hydrogen) atoms. The zero-order chi connectivity index (χ0) is 12.8. The number of hydrogen-bond acceptors (Lipinski definition) is 2. The summed E-state index contributed by atoms with van der Waals surface area (Å²) in [6.45, 7) is 6.92. The fourth-order valence-electron chi connectivity index (χ4n) is 2.11. The van der Waals surface area contributed by atoms with Crippen LogP contribution >= 0.6 is 15.9 Å². The summed E-state index contributed by atoms with van der Waals surface area (Å²) >= 11 is 3.53. The summed E-state index contributed by atoms with van der Waals surface area (Å²) in [6, 6.07) is 4.19. The number of aromatic nitrogens is 2. The van der Waals surface area contributed by atoms with Crippen LogP contribution in [0.25, 0.3) is 11.0 Å². The lowest BCUT2D eigenvalue weighted by atomic mass is 9.93. The summed E-state index contributed by atoms with van der Waals surface area (Å²) in [5, 5.41) is 0. The molecule has 2 aromatic rings. The maximum Gasteiger partial charge on any atom is 0.116 e. The second kappa shape index (κ2) is 4.10. The Morgan fingerprint density at radius 3 is 2.65 bits per heavy atom. The molecule has 0 atom stereocenters. The Hall–Kier alpha value is -0.870. The summed E-state index contributed by atoms with van der Waals surface area (Å²) in [7, 11) is 2.05. The number of fused-ring (bicyclic) bond motifs is 1. The molecule has 0 bridgehead atoms. The predicted molar refractivity (Wildman–Crippen MR) is 75.2 cm³/mol. The number of nitrogens with zero attached hydrogens (tertiary/aromatic N) is 2. The van der Waals surface area contributed by atoms with Crippen molar-refractivity contribution in [3.63, 3.8) is 0 Å². The van der Waals surface area contributed by atoms with Gasteiger partial charge in [-0.05, 0) is 24.6 Å². The molecule has 0 aliphatic carbocycles. The van der Waals surface area contributed by atoms with Crippen molar-refractivity contribution in [3.05, 3.63) is 28.0 Å². The molecule has 0 unspecified atom stereocenters. The normalized spacial score (nSPS) is 12.4. The molecule has 0 radical (unpaired) electrons. The lowest BCUT2D eigenvalue weighted by Crippen LogP contribution is -2.31. The van der Waals surface area contributed by atoms with Gasteiger partial charge in [-0.1, -0.05) is 29.8 Å². The highest BCUT2D eigenvalue weighted by Crippen LogP contribution is 2.28. The third-order valence-corrected chi connectivity index (χ3v) is 3.72. The van der Waals surface area contributed by atoms with Crippen molar-refractivity contribution in [1.29, 1.82) is 0 Å². The Bertz CT molecular complexity index is 570. The first-order chi connectivity index (χ1) is 7.86. The molecule has 1 heterocycles. The standard InChI is InChI=1S/C13H18BrN3/c1-8-5-9(14)6-10-11(8)16-12(17(10)4)13(2,3)7-15/h5-6H,7,15H2,1-4H3. The van der Waals surface area contributed by atoms with Crippen LogP contribution in [0.5, 0.6) is 0 Å². The van der Waals surface area contributed by atoms with Gasteiger partial charge in [0.05, 0.1) is 11.0 Å². The molecule has 0 saturated carbocycles. The van der Waals surface area contributed by atoms with E-state index in [0.717, 1.165) is 21.3 Å². The first-order valence-electron chi connectivity index (χ1n) is 5.70. The molecule has 0 fully saturated rings. The monoisotopic (exact) mass is 295 g/mol. The van der Waals surface area contributed by atoms with Crippen molar-refractivity contribution in [2.75, 3.05) is 6.54 Å².